The number of alkyl halides is 3. The van der Waals surface area contributed by atoms with E-state index < -0.39 is 12.3 Å². The van der Waals surface area contributed by atoms with Crippen LogP contribution < -0.4 is 19.5 Å². The van der Waals surface area contributed by atoms with Crippen molar-refractivity contribution in [2.75, 3.05) is 12.1 Å². The van der Waals surface area contributed by atoms with E-state index in [1.807, 2.05) is 19.9 Å². The van der Waals surface area contributed by atoms with Crippen LogP contribution in [0.1, 0.15) is 27.6 Å². The molecule has 14 heteroatoms. The summed E-state index contributed by atoms with van der Waals surface area (Å²) in [6.07, 6.45) is -4.82. The number of hydrogen-bond donors (Lipinski definition) is 1. The molecule has 3 heterocycles. The minimum atomic E-state index is -4.82. The second-order valence-corrected chi connectivity index (χ2v) is 9.02. The van der Waals surface area contributed by atoms with E-state index in [9.17, 15) is 18.0 Å². The van der Waals surface area contributed by atoms with Crippen LogP contribution in [-0.2, 0) is 5.75 Å². The van der Waals surface area contributed by atoms with E-state index >= 15 is 0 Å². The number of carbonyl (C=O) groups is 1. The van der Waals surface area contributed by atoms with Gasteiger partial charge in [0.2, 0.25) is 6.79 Å². The Hall–Kier alpha value is -4.33. The summed E-state index contributed by atoms with van der Waals surface area (Å²) < 4.78 is 53.7. The van der Waals surface area contributed by atoms with E-state index in [1.165, 1.54) is 28.6 Å². The maximum Gasteiger partial charge on any atom is 0.573 e. The maximum atomic E-state index is 13.2. The van der Waals surface area contributed by atoms with E-state index in [2.05, 4.69) is 30.3 Å². The number of ether oxygens (including phenoxy) is 3. The molecule has 0 saturated carbocycles. The third-order valence-corrected chi connectivity index (χ3v) is 6.08. The van der Waals surface area contributed by atoms with Crippen LogP contribution in [-0.4, -0.2) is 44.0 Å². The highest BCUT2D eigenvalue weighted by Gasteiger charge is 2.31. The third-order valence-electron chi connectivity index (χ3n) is 5.22. The first-order valence-corrected chi connectivity index (χ1v) is 12.1. The fourth-order valence-corrected chi connectivity index (χ4v) is 4.60. The molecule has 10 nitrogen and oxygen atoms in total. The van der Waals surface area contributed by atoms with Gasteiger partial charge in [0.05, 0.1) is 11.4 Å². The van der Waals surface area contributed by atoms with Crippen molar-refractivity contribution in [3.05, 3.63) is 71.3 Å². The monoisotopic (exact) mass is 544 g/mol. The largest absolute Gasteiger partial charge is 0.573 e. The number of halogens is 3. The molecule has 0 spiro atoms. The number of anilines is 1. The second-order valence-electron chi connectivity index (χ2n) is 8.08. The number of carbonyl (C=O) groups excluding carboxylic acids is 1. The standard InChI is InChI=1S/C24H19F3N6O4S/c1-13-9-14(2)29-23(28-13)38-11-18-21(22(34)30-15-3-8-19-20(10-15)36-12-35-19)31-32-33(18)16-4-6-17(7-5-16)37-24(25,26)27/h3-10H,11-12H2,1-2H3,(H,30,34). The van der Waals surface area contributed by atoms with Gasteiger partial charge < -0.3 is 19.5 Å². The number of benzene rings is 2. The molecule has 1 aliphatic rings. The average molecular weight is 545 g/mol. The van der Waals surface area contributed by atoms with Crippen molar-refractivity contribution in [2.24, 2.45) is 0 Å². The van der Waals surface area contributed by atoms with Crippen LogP contribution in [0, 0.1) is 13.8 Å². The predicted molar refractivity (Wildman–Crippen MR) is 130 cm³/mol. The SMILES string of the molecule is Cc1cc(C)nc(SCc2c(C(=O)Nc3ccc4c(c3)OCO4)nnn2-c2ccc(OC(F)(F)F)cc2)n1. The van der Waals surface area contributed by atoms with Crippen molar-refractivity contribution in [2.45, 2.75) is 31.1 Å². The lowest BCUT2D eigenvalue weighted by Gasteiger charge is -2.11. The third kappa shape index (κ3) is 5.80. The van der Waals surface area contributed by atoms with Crippen molar-refractivity contribution < 1.29 is 32.2 Å². The fourth-order valence-electron chi connectivity index (χ4n) is 3.66. The minimum absolute atomic E-state index is 0.0233. The number of aryl methyl sites for hydroxylation is 2. The number of thioether (sulfide) groups is 1. The molecule has 4 aromatic rings. The van der Waals surface area contributed by atoms with Gasteiger partial charge >= 0.3 is 6.36 Å². The van der Waals surface area contributed by atoms with E-state index in [4.69, 9.17) is 9.47 Å². The second kappa shape index (κ2) is 10.2. The molecule has 1 amide bonds. The average Bonchev–Trinajstić information content (AvgIpc) is 3.48. The Balaban J connectivity index is 1.44. The Morgan fingerprint density at radius 1 is 1.05 bits per heavy atom. The molecule has 0 unspecified atom stereocenters. The number of rotatable bonds is 7. The summed E-state index contributed by atoms with van der Waals surface area (Å²) in [6, 6.07) is 11.9. The Bertz CT molecular complexity index is 1470. The van der Waals surface area contributed by atoms with Gasteiger partial charge in [-0.25, -0.2) is 14.6 Å². The quantitative estimate of drug-likeness (QED) is 0.258. The molecular formula is C24H19F3N6O4S. The molecule has 38 heavy (non-hydrogen) atoms. The van der Waals surface area contributed by atoms with Crippen molar-refractivity contribution in [3.63, 3.8) is 0 Å². The Morgan fingerprint density at radius 3 is 2.47 bits per heavy atom. The van der Waals surface area contributed by atoms with E-state index in [1.54, 1.807) is 18.2 Å². The Kier molecular flexibility index (Phi) is 6.80. The van der Waals surface area contributed by atoms with Crippen molar-refractivity contribution in [1.82, 2.24) is 25.0 Å². The zero-order valence-corrected chi connectivity index (χ0v) is 20.8. The first-order valence-electron chi connectivity index (χ1n) is 11.1. The first-order chi connectivity index (χ1) is 18.1. The number of nitrogens with zero attached hydrogens (tertiary/aromatic N) is 5. The van der Waals surface area contributed by atoms with E-state index in [-0.39, 0.29) is 24.0 Å². The minimum Gasteiger partial charge on any atom is -0.454 e. The van der Waals surface area contributed by atoms with Gasteiger partial charge in [-0.3, -0.25) is 4.79 Å². The van der Waals surface area contributed by atoms with Gasteiger partial charge in [0.15, 0.2) is 22.3 Å². The molecular weight excluding hydrogens is 525 g/mol. The Labute approximate surface area is 218 Å². The normalized spacial score (nSPS) is 12.4. The molecule has 5 rings (SSSR count). The molecule has 0 atom stereocenters. The summed E-state index contributed by atoms with van der Waals surface area (Å²) in [7, 11) is 0. The topological polar surface area (TPSA) is 113 Å². The maximum absolute atomic E-state index is 13.2. The molecule has 0 aliphatic carbocycles. The highest BCUT2D eigenvalue weighted by atomic mass is 32.2. The molecule has 2 aromatic carbocycles. The number of nitrogens with one attached hydrogen (secondary N) is 1. The highest BCUT2D eigenvalue weighted by Crippen LogP contribution is 2.34. The highest BCUT2D eigenvalue weighted by molar-refractivity contribution is 7.98. The van der Waals surface area contributed by atoms with Gasteiger partial charge in [-0.1, -0.05) is 17.0 Å². The summed E-state index contributed by atoms with van der Waals surface area (Å²) in [5, 5.41) is 11.4. The fraction of sp³-hybridized carbons (Fsp3) is 0.208. The lowest BCUT2D eigenvalue weighted by atomic mass is 10.2. The smallest absolute Gasteiger partial charge is 0.454 e. The zero-order chi connectivity index (χ0) is 26.9. The summed E-state index contributed by atoms with van der Waals surface area (Å²) >= 11 is 1.27. The van der Waals surface area contributed by atoms with Gasteiger partial charge in [-0.15, -0.1) is 18.3 Å². The van der Waals surface area contributed by atoms with Crippen LogP contribution in [0.5, 0.6) is 17.2 Å². The summed E-state index contributed by atoms with van der Waals surface area (Å²) in [4.78, 5) is 22.0. The lowest BCUT2D eigenvalue weighted by molar-refractivity contribution is -0.274. The molecule has 0 fully saturated rings. The number of amides is 1. The van der Waals surface area contributed by atoms with Crippen LogP contribution in [0.3, 0.4) is 0 Å². The van der Waals surface area contributed by atoms with Crippen LogP contribution in [0.15, 0.2) is 53.7 Å². The van der Waals surface area contributed by atoms with Gasteiger partial charge in [-0.2, -0.15) is 0 Å². The molecule has 0 radical (unpaired) electrons. The number of hydrogen-bond acceptors (Lipinski definition) is 9. The Morgan fingerprint density at radius 2 is 1.76 bits per heavy atom. The number of fused-ring (bicyclic) bond motifs is 1. The predicted octanol–water partition coefficient (Wildman–Crippen LogP) is 4.85. The van der Waals surface area contributed by atoms with E-state index in [0.717, 1.165) is 23.5 Å². The lowest BCUT2D eigenvalue weighted by Crippen LogP contribution is -2.17. The van der Waals surface area contributed by atoms with Gasteiger partial charge in [0.1, 0.15) is 5.75 Å². The number of aromatic nitrogens is 5. The zero-order valence-electron chi connectivity index (χ0n) is 19.9. The summed E-state index contributed by atoms with van der Waals surface area (Å²) in [5.41, 5.74) is 2.82. The molecule has 196 valence electrons. The van der Waals surface area contributed by atoms with Crippen molar-refractivity contribution >= 4 is 23.4 Å². The summed E-state index contributed by atoms with van der Waals surface area (Å²) in [5.74, 6) is 0.333. The van der Waals surface area contributed by atoms with Gasteiger partial charge in [0.25, 0.3) is 5.91 Å². The van der Waals surface area contributed by atoms with E-state index in [0.29, 0.717) is 33.7 Å². The molecule has 1 N–H and O–H groups in total. The van der Waals surface area contributed by atoms with Crippen molar-refractivity contribution in [3.8, 4) is 22.9 Å². The van der Waals surface area contributed by atoms with Crippen molar-refractivity contribution in [1.29, 1.82) is 0 Å². The summed E-state index contributed by atoms with van der Waals surface area (Å²) in [6.45, 7) is 3.79. The molecule has 2 aromatic heterocycles. The van der Waals surface area contributed by atoms with Crippen LogP contribution in [0.4, 0.5) is 18.9 Å². The van der Waals surface area contributed by atoms with Crippen LogP contribution >= 0.6 is 11.8 Å². The molecule has 0 saturated heterocycles. The van der Waals surface area contributed by atoms with Crippen LogP contribution in [0.25, 0.3) is 5.69 Å². The first kappa shape index (κ1) is 25.3. The van der Waals surface area contributed by atoms with Gasteiger partial charge in [0, 0.05) is 28.9 Å². The molecule has 1 aliphatic heterocycles. The van der Waals surface area contributed by atoms with Gasteiger partial charge in [-0.05, 0) is 56.3 Å². The van der Waals surface area contributed by atoms with Crippen LogP contribution in [0.2, 0.25) is 0 Å². The molecule has 0 bridgehead atoms.